The molecule has 112 valence electrons. The summed E-state index contributed by atoms with van der Waals surface area (Å²) in [6, 6.07) is 0. The lowest BCUT2D eigenvalue weighted by atomic mass is 9.86. The van der Waals surface area contributed by atoms with Crippen molar-refractivity contribution in [1.29, 1.82) is 0 Å². The molecule has 0 radical (unpaired) electrons. The molecule has 0 fully saturated rings. The molecule has 1 unspecified atom stereocenters. The zero-order valence-corrected chi connectivity index (χ0v) is 20.2. The minimum atomic E-state index is -0.233. The molecule has 0 aliphatic heterocycles. The third-order valence-corrected chi connectivity index (χ3v) is 10.9. The summed E-state index contributed by atoms with van der Waals surface area (Å²) in [5.74, 6) is 0. The first kappa shape index (κ1) is 18.4. The average Bonchev–Trinajstić information content (AvgIpc) is 2.41. The van der Waals surface area contributed by atoms with E-state index in [-0.39, 0.29) is 3.23 Å². The van der Waals surface area contributed by atoms with Crippen LogP contribution >= 0.6 is 95.6 Å². The topological polar surface area (TPSA) is 0 Å². The summed E-state index contributed by atoms with van der Waals surface area (Å²) in [4.78, 5) is 0.365. The van der Waals surface area contributed by atoms with Crippen molar-refractivity contribution in [2.24, 2.45) is 0 Å². The predicted octanol–water partition coefficient (Wildman–Crippen LogP) is 8.18. The minimum absolute atomic E-state index is 0.233. The molecule has 0 heterocycles. The van der Waals surface area contributed by atoms with Gasteiger partial charge in [0.1, 0.15) is 3.23 Å². The van der Waals surface area contributed by atoms with Crippen LogP contribution in [0.5, 0.6) is 0 Å². The van der Waals surface area contributed by atoms with Gasteiger partial charge in [0.15, 0.2) is 0 Å². The third-order valence-electron chi connectivity index (χ3n) is 3.70. The molecule has 0 saturated heterocycles. The molecule has 2 aliphatic rings. The zero-order valence-electron chi connectivity index (χ0n) is 10.7. The maximum atomic E-state index is 3.81. The second kappa shape index (κ2) is 7.78. The second-order valence-electron chi connectivity index (χ2n) is 5.03. The molecule has 0 aromatic rings. The first-order valence-electron chi connectivity index (χ1n) is 6.51. The molecule has 1 atom stereocenters. The van der Waals surface area contributed by atoms with E-state index in [0.717, 1.165) is 22.7 Å². The van der Waals surface area contributed by atoms with Gasteiger partial charge in [-0.3, -0.25) is 0 Å². The van der Waals surface area contributed by atoms with Gasteiger partial charge < -0.3 is 0 Å². The van der Waals surface area contributed by atoms with Crippen molar-refractivity contribution in [2.75, 3.05) is 0 Å². The molecule has 0 nitrogen and oxygen atoms in total. The van der Waals surface area contributed by atoms with Gasteiger partial charge in [-0.1, -0.05) is 69.8 Å². The second-order valence-corrected chi connectivity index (χ2v) is 13.1. The quantitative estimate of drug-likeness (QED) is 0.262. The Labute approximate surface area is 171 Å². The minimum Gasteiger partial charge on any atom is -0.0862 e. The van der Waals surface area contributed by atoms with Crippen LogP contribution < -0.4 is 0 Å². The van der Waals surface area contributed by atoms with E-state index >= 15 is 0 Å². The highest BCUT2D eigenvalue weighted by Gasteiger charge is 2.41. The Morgan fingerprint density at radius 3 is 2.40 bits per heavy atom. The van der Waals surface area contributed by atoms with Crippen molar-refractivity contribution >= 4 is 95.6 Å². The molecule has 0 aromatic carbocycles. The first-order chi connectivity index (χ1) is 9.35. The lowest BCUT2D eigenvalue weighted by Crippen LogP contribution is -2.30. The van der Waals surface area contributed by atoms with Crippen LogP contribution in [-0.4, -0.2) is 8.06 Å². The Morgan fingerprint density at radius 2 is 1.85 bits per heavy atom. The van der Waals surface area contributed by atoms with Crippen LogP contribution in [0.3, 0.4) is 0 Å². The highest BCUT2D eigenvalue weighted by Crippen LogP contribution is 2.54. The molecule has 2 rings (SSSR count). The molecule has 6 heteroatoms. The van der Waals surface area contributed by atoms with E-state index in [1.165, 1.54) is 40.5 Å². The van der Waals surface area contributed by atoms with E-state index in [1.807, 2.05) is 0 Å². The Bertz CT molecular complexity index is 482. The van der Waals surface area contributed by atoms with Crippen LogP contribution in [0.15, 0.2) is 30.7 Å². The fraction of sp³-hybridized carbons (Fsp3) is 0.571. The van der Waals surface area contributed by atoms with Gasteiger partial charge in [0.05, 0.1) is 3.39 Å². The fourth-order valence-corrected chi connectivity index (χ4v) is 5.99. The molecule has 0 aromatic heterocycles. The van der Waals surface area contributed by atoms with Gasteiger partial charge in [-0.25, -0.2) is 0 Å². The third kappa shape index (κ3) is 3.95. The Morgan fingerprint density at radius 1 is 1.15 bits per heavy atom. The molecular formula is C14H14Br6. The maximum absolute atomic E-state index is 3.81. The smallest absolute Gasteiger partial charge is 0.0862 e. The van der Waals surface area contributed by atoms with Crippen LogP contribution in [0.1, 0.15) is 38.5 Å². The monoisotopic (exact) mass is 656 g/mol. The van der Waals surface area contributed by atoms with Crippen molar-refractivity contribution in [1.82, 2.24) is 0 Å². The van der Waals surface area contributed by atoms with E-state index in [9.17, 15) is 0 Å². The molecule has 0 spiro atoms. The van der Waals surface area contributed by atoms with Crippen LogP contribution in [0.25, 0.3) is 0 Å². The van der Waals surface area contributed by atoms with Gasteiger partial charge in [-0.05, 0) is 81.5 Å². The number of halogens is 6. The van der Waals surface area contributed by atoms with E-state index in [4.69, 9.17) is 0 Å². The molecule has 2 aliphatic carbocycles. The lowest BCUT2D eigenvalue weighted by molar-refractivity contribution is 0.693. The molecular weight excluding hydrogens is 648 g/mol. The van der Waals surface area contributed by atoms with Crippen LogP contribution in [0.2, 0.25) is 0 Å². The highest BCUT2D eigenvalue weighted by atomic mass is 79.9. The van der Waals surface area contributed by atoms with Crippen molar-refractivity contribution < 1.29 is 0 Å². The number of alkyl halides is 3. The molecule has 0 bridgehead atoms. The molecule has 20 heavy (non-hydrogen) atoms. The Hall–Kier alpha value is 2.10. The summed E-state index contributed by atoms with van der Waals surface area (Å²) in [5.41, 5.74) is 4.14. The van der Waals surface area contributed by atoms with E-state index in [0.29, 0.717) is 4.83 Å². The Balaban J connectivity index is 2.48. The van der Waals surface area contributed by atoms with Crippen molar-refractivity contribution in [3.05, 3.63) is 30.7 Å². The van der Waals surface area contributed by atoms with Crippen LogP contribution in [-0.2, 0) is 0 Å². The number of hydrogen-bond acceptors (Lipinski definition) is 0. The van der Waals surface area contributed by atoms with Gasteiger partial charge in [0, 0.05) is 14.9 Å². The summed E-state index contributed by atoms with van der Waals surface area (Å²) >= 11 is 22.4. The standard InChI is InChI=1S/C14H14Br6/c15-10-7-6-9(12(16)14(10,19)20)11(13(17)18)8-4-2-1-3-5-8/h4,10H,1-3,5-7H2. The van der Waals surface area contributed by atoms with Crippen LogP contribution in [0.4, 0.5) is 0 Å². The summed E-state index contributed by atoms with van der Waals surface area (Å²) in [6.07, 6.45) is 9.47. The molecule has 0 N–H and O–H groups in total. The van der Waals surface area contributed by atoms with Crippen molar-refractivity contribution in [2.45, 2.75) is 46.6 Å². The number of allylic oxidation sites excluding steroid dienone is 5. The van der Waals surface area contributed by atoms with E-state index in [1.54, 1.807) is 0 Å². The van der Waals surface area contributed by atoms with Gasteiger partial charge >= 0.3 is 0 Å². The van der Waals surface area contributed by atoms with E-state index < -0.39 is 0 Å². The number of rotatable bonds is 2. The average molecular weight is 662 g/mol. The summed E-state index contributed by atoms with van der Waals surface area (Å²) in [7, 11) is 0. The predicted molar refractivity (Wildman–Crippen MR) is 110 cm³/mol. The van der Waals surface area contributed by atoms with Crippen molar-refractivity contribution in [3.8, 4) is 0 Å². The number of hydrogen-bond donors (Lipinski definition) is 0. The Kier molecular flexibility index (Phi) is 7.17. The lowest BCUT2D eigenvalue weighted by Gasteiger charge is -2.35. The fourth-order valence-electron chi connectivity index (χ4n) is 2.63. The van der Waals surface area contributed by atoms with Crippen LogP contribution in [0, 0.1) is 0 Å². The van der Waals surface area contributed by atoms with E-state index in [2.05, 4.69) is 102 Å². The van der Waals surface area contributed by atoms with Crippen molar-refractivity contribution in [3.63, 3.8) is 0 Å². The maximum Gasteiger partial charge on any atom is 0.124 e. The zero-order chi connectivity index (χ0) is 14.9. The summed E-state index contributed by atoms with van der Waals surface area (Å²) in [5, 5.41) is 0. The normalized spacial score (nSPS) is 26.3. The molecule has 0 saturated carbocycles. The van der Waals surface area contributed by atoms with Gasteiger partial charge in [-0.2, -0.15) is 0 Å². The van der Waals surface area contributed by atoms with Gasteiger partial charge in [-0.15, -0.1) is 0 Å². The molecule has 0 amide bonds. The first-order valence-corrected chi connectivity index (χ1v) is 11.4. The largest absolute Gasteiger partial charge is 0.124 e. The summed E-state index contributed by atoms with van der Waals surface area (Å²) < 4.78 is 1.99. The highest BCUT2D eigenvalue weighted by molar-refractivity contribution is 9.28. The van der Waals surface area contributed by atoms with Gasteiger partial charge in [0.2, 0.25) is 0 Å². The SMILES string of the molecule is BrC(Br)=C(C1=CCCCC1)C1=C(Br)C(Br)(Br)C(Br)CC1. The van der Waals surface area contributed by atoms with Gasteiger partial charge in [0.25, 0.3) is 0 Å². The summed E-state index contributed by atoms with van der Waals surface area (Å²) in [6.45, 7) is 0.